The van der Waals surface area contributed by atoms with Gasteiger partial charge in [-0.15, -0.1) is 0 Å². The van der Waals surface area contributed by atoms with Crippen molar-refractivity contribution in [3.05, 3.63) is 24.0 Å². The highest BCUT2D eigenvalue weighted by molar-refractivity contribution is 5.92. The Morgan fingerprint density at radius 2 is 2.19 bits per heavy atom. The van der Waals surface area contributed by atoms with Crippen LogP contribution in [0.5, 0.6) is 0 Å². The molecule has 0 radical (unpaired) electrons. The Labute approximate surface area is 96.5 Å². The SMILES string of the molecule is CCN(CC(C)C)C(=O)c1ccc(N)cn1. The lowest BCUT2D eigenvalue weighted by Crippen LogP contribution is -2.34. The Morgan fingerprint density at radius 3 is 2.62 bits per heavy atom. The zero-order valence-electron chi connectivity index (χ0n) is 10.1. The van der Waals surface area contributed by atoms with Gasteiger partial charge in [-0.25, -0.2) is 4.98 Å². The molecule has 0 bridgehead atoms. The average molecular weight is 221 g/mol. The fourth-order valence-corrected chi connectivity index (χ4v) is 1.49. The summed E-state index contributed by atoms with van der Waals surface area (Å²) in [6, 6.07) is 3.37. The minimum Gasteiger partial charge on any atom is -0.397 e. The quantitative estimate of drug-likeness (QED) is 0.843. The normalized spacial score (nSPS) is 10.5. The highest BCUT2D eigenvalue weighted by Gasteiger charge is 2.15. The molecule has 0 aliphatic carbocycles. The molecule has 0 atom stereocenters. The van der Waals surface area contributed by atoms with Gasteiger partial charge in [-0.05, 0) is 25.0 Å². The second-order valence-corrected chi connectivity index (χ2v) is 4.21. The molecular weight excluding hydrogens is 202 g/mol. The van der Waals surface area contributed by atoms with Crippen molar-refractivity contribution in [2.24, 2.45) is 5.92 Å². The monoisotopic (exact) mass is 221 g/mol. The van der Waals surface area contributed by atoms with Crippen LogP contribution < -0.4 is 5.73 Å². The number of nitrogens with zero attached hydrogens (tertiary/aromatic N) is 2. The topological polar surface area (TPSA) is 59.2 Å². The van der Waals surface area contributed by atoms with E-state index in [-0.39, 0.29) is 5.91 Å². The molecule has 1 aromatic heterocycles. The molecule has 88 valence electrons. The molecule has 0 spiro atoms. The van der Waals surface area contributed by atoms with E-state index in [1.54, 1.807) is 17.0 Å². The predicted molar refractivity (Wildman–Crippen MR) is 65.1 cm³/mol. The molecule has 0 fully saturated rings. The summed E-state index contributed by atoms with van der Waals surface area (Å²) in [7, 11) is 0. The van der Waals surface area contributed by atoms with E-state index < -0.39 is 0 Å². The molecule has 1 rings (SSSR count). The molecule has 0 aliphatic heterocycles. The molecule has 4 heteroatoms. The van der Waals surface area contributed by atoms with Crippen LogP contribution in [0.3, 0.4) is 0 Å². The Balaban J connectivity index is 2.78. The molecule has 0 unspecified atom stereocenters. The number of hydrogen-bond acceptors (Lipinski definition) is 3. The van der Waals surface area contributed by atoms with Crippen molar-refractivity contribution in [2.45, 2.75) is 20.8 Å². The van der Waals surface area contributed by atoms with Crippen molar-refractivity contribution in [3.8, 4) is 0 Å². The van der Waals surface area contributed by atoms with Crippen LogP contribution in [-0.2, 0) is 0 Å². The van der Waals surface area contributed by atoms with Crippen LogP contribution in [0.1, 0.15) is 31.3 Å². The van der Waals surface area contributed by atoms with Crippen LogP contribution in [-0.4, -0.2) is 28.9 Å². The molecule has 4 nitrogen and oxygen atoms in total. The van der Waals surface area contributed by atoms with E-state index in [4.69, 9.17) is 5.73 Å². The Hall–Kier alpha value is -1.58. The average Bonchev–Trinajstić information content (AvgIpc) is 2.25. The van der Waals surface area contributed by atoms with Crippen LogP contribution in [0.4, 0.5) is 5.69 Å². The second kappa shape index (κ2) is 5.49. The molecule has 0 aromatic carbocycles. The molecule has 0 saturated heterocycles. The Bertz CT molecular complexity index is 346. The number of rotatable bonds is 4. The summed E-state index contributed by atoms with van der Waals surface area (Å²) in [6.45, 7) is 7.60. The van der Waals surface area contributed by atoms with Gasteiger partial charge in [0.15, 0.2) is 0 Å². The van der Waals surface area contributed by atoms with Crippen molar-refractivity contribution in [1.29, 1.82) is 0 Å². The van der Waals surface area contributed by atoms with Gasteiger partial charge in [-0.3, -0.25) is 4.79 Å². The first-order chi connectivity index (χ1) is 7.54. The number of pyridine rings is 1. The molecule has 2 N–H and O–H groups in total. The van der Waals surface area contributed by atoms with Crippen LogP contribution in [0.25, 0.3) is 0 Å². The number of anilines is 1. The van der Waals surface area contributed by atoms with Crippen molar-refractivity contribution >= 4 is 11.6 Å². The van der Waals surface area contributed by atoms with Gasteiger partial charge in [0.2, 0.25) is 0 Å². The van der Waals surface area contributed by atoms with Crippen molar-refractivity contribution in [3.63, 3.8) is 0 Å². The van der Waals surface area contributed by atoms with E-state index in [1.807, 2.05) is 6.92 Å². The van der Waals surface area contributed by atoms with E-state index in [2.05, 4.69) is 18.8 Å². The van der Waals surface area contributed by atoms with E-state index in [0.29, 0.717) is 23.8 Å². The molecule has 0 aliphatic rings. The maximum atomic E-state index is 12.0. The first kappa shape index (κ1) is 12.5. The van der Waals surface area contributed by atoms with Crippen molar-refractivity contribution in [2.75, 3.05) is 18.8 Å². The third kappa shape index (κ3) is 3.22. The fraction of sp³-hybridized carbons (Fsp3) is 0.500. The van der Waals surface area contributed by atoms with E-state index >= 15 is 0 Å². The molecular formula is C12H19N3O. The number of amides is 1. The van der Waals surface area contributed by atoms with Gasteiger partial charge in [0, 0.05) is 13.1 Å². The van der Waals surface area contributed by atoms with Gasteiger partial charge < -0.3 is 10.6 Å². The van der Waals surface area contributed by atoms with Crippen LogP contribution in [0, 0.1) is 5.92 Å². The van der Waals surface area contributed by atoms with E-state index in [0.717, 1.165) is 6.54 Å². The molecule has 16 heavy (non-hydrogen) atoms. The number of carbonyl (C=O) groups is 1. The number of carbonyl (C=O) groups excluding carboxylic acids is 1. The Morgan fingerprint density at radius 1 is 1.50 bits per heavy atom. The molecule has 1 aromatic rings. The summed E-state index contributed by atoms with van der Waals surface area (Å²) in [5.74, 6) is 0.425. The van der Waals surface area contributed by atoms with E-state index in [9.17, 15) is 4.79 Å². The minimum atomic E-state index is -0.0313. The van der Waals surface area contributed by atoms with Crippen molar-refractivity contribution in [1.82, 2.24) is 9.88 Å². The van der Waals surface area contributed by atoms with Crippen LogP contribution in [0.2, 0.25) is 0 Å². The van der Waals surface area contributed by atoms with Gasteiger partial charge in [0.1, 0.15) is 5.69 Å². The maximum Gasteiger partial charge on any atom is 0.272 e. The maximum absolute atomic E-state index is 12.0. The molecule has 1 heterocycles. The van der Waals surface area contributed by atoms with Crippen molar-refractivity contribution < 1.29 is 4.79 Å². The smallest absolute Gasteiger partial charge is 0.272 e. The summed E-state index contributed by atoms with van der Waals surface area (Å²) in [5.41, 5.74) is 6.56. The lowest BCUT2D eigenvalue weighted by Gasteiger charge is -2.22. The first-order valence-electron chi connectivity index (χ1n) is 5.55. The summed E-state index contributed by atoms with van der Waals surface area (Å²) in [4.78, 5) is 17.9. The van der Waals surface area contributed by atoms with E-state index in [1.165, 1.54) is 6.20 Å². The summed E-state index contributed by atoms with van der Waals surface area (Å²) in [5, 5.41) is 0. The summed E-state index contributed by atoms with van der Waals surface area (Å²) < 4.78 is 0. The summed E-state index contributed by atoms with van der Waals surface area (Å²) in [6.07, 6.45) is 1.51. The third-order valence-electron chi connectivity index (χ3n) is 2.26. The molecule has 0 saturated carbocycles. The second-order valence-electron chi connectivity index (χ2n) is 4.21. The predicted octanol–water partition coefficient (Wildman–Crippen LogP) is 1.78. The summed E-state index contributed by atoms with van der Waals surface area (Å²) >= 11 is 0. The first-order valence-corrected chi connectivity index (χ1v) is 5.55. The minimum absolute atomic E-state index is 0.0313. The third-order valence-corrected chi connectivity index (χ3v) is 2.26. The van der Waals surface area contributed by atoms with Gasteiger partial charge in [-0.1, -0.05) is 13.8 Å². The largest absolute Gasteiger partial charge is 0.397 e. The Kier molecular flexibility index (Phi) is 4.28. The number of nitrogen functional groups attached to an aromatic ring is 1. The number of aromatic nitrogens is 1. The van der Waals surface area contributed by atoms with Crippen LogP contribution in [0.15, 0.2) is 18.3 Å². The highest BCUT2D eigenvalue weighted by Crippen LogP contribution is 2.07. The standard InChI is InChI=1S/C12H19N3O/c1-4-15(8-9(2)3)12(16)11-6-5-10(13)7-14-11/h5-7,9H,4,8,13H2,1-3H3. The zero-order chi connectivity index (χ0) is 12.1. The lowest BCUT2D eigenvalue weighted by atomic mass is 10.2. The number of nitrogens with two attached hydrogens (primary N) is 1. The molecule has 1 amide bonds. The fourth-order valence-electron chi connectivity index (χ4n) is 1.49. The van der Waals surface area contributed by atoms with Crippen LogP contribution >= 0.6 is 0 Å². The zero-order valence-corrected chi connectivity index (χ0v) is 10.1. The van der Waals surface area contributed by atoms with Gasteiger partial charge >= 0.3 is 0 Å². The van der Waals surface area contributed by atoms with Gasteiger partial charge in [0.05, 0.1) is 11.9 Å². The van der Waals surface area contributed by atoms with Gasteiger partial charge in [0.25, 0.3) is 5.91 Å². The highest BCUT2D eigenvalue weighted by atomic mass is 16.2. The van der Waals surface area contributed by atoms with Gasteiger partial charge in [-0.2, -0.15) is 0 Å². The lowest BCUT2D eigenvalue weighted by molar-refractivity contribution is 0.0740. The number of hydrogen-bond donors (Lipinski definition) is 1.